The van der Waals surface area contributed by atoms with E-state index in [9.17, 15) is 4.79 Å². The van der Waals surface area contributed by atoms with Gasteiger partial charge in [-0.05, 0) is 31.9 Å². The summed E-state index contributed by atoms with van der Waals surface area (Å²) in [6.07, 6.45) is 4.09. The predicted octanol–water partition coefficient (Wildman–Crippen LogP) is 0.282. The number of hydrogen-bond donors (Lipinski definition) is 1. The second-order valence-electron chi connectivity index (χ2n) is 6.22. The van der Waals surface area contributed by atoms with E-state index in [2.05, 4.69) is 20.4 Å². The van der Waals surface area contributed by atoms with Crippen molar-refractivity contribution >= 4 is 11.7 Å². The van der Waals surface area contributed by atoms with E-state index in [4.69, 9.17) is 4.74 Å². The summed E-state index contributed by atoms with van der Waals surface area (Å²) < 4.78 is 5.47. The molecule has 0 bridgehead atoms. The third kappa shape index (κ3) is 4.17. The molecule has 0 aromatic carbocycles. The van der Waals surface area contributed by atoms with E-state index in [1.807, 2.05) is 24.0 Å². The Kier molecular flexibility index (Phi) is 5.40. The molecule has 2 unspecified atom stereocenters. The molecule has 2 aliphatic heterocycles. The Morgan fingerprint density at radius 1 is 1.48 bits per heavy atom. The Labute approximate surface area is 137 Å². The van der Waals surface area contributed by atoms with Crippen LogP contribution in [0, 0.1) is 0 Å². The van der Waals surface area contributed by atoms with Crippen molar-refractivity contribution in [3.63, 3.8) is 0 Å². The van der Waals surface area contributed by atoms with Crippen molar-refractivity contribution in [3.05, 3.63) is 18.3 Å². The number of aromatic nitrogens is 2. The molecule has 126 valence electrons. The number of carbonyl (C=O) groups is 1. The molecular weight excluding hydrogens is 294 g/mol. The average molecular weight is 319 g/mol. The first-order valence-corrected chi connectivity index (χ1v) is 8.38. The van der Waals surface area contributed by atoms with Gasteiger partial charge in [-0.15, -0.1) is 5.10 Å². The maximum atomic E-state index is 12.2. The molecule has 1 aromatic heterocycles. The van der Waals surface area contributed by atoms with Crippen molar-refractivity contribution in [1.82, 2.24) is 20.4 Å². The van der Waals surface area contributed by atoms with E-state index in [0.717, 1.165) is 31.7 Å². The molecule has 1 N–H and O–H groups in total. The van der Waals surface area contributed by atoms with Gasteiger partial charge in [0, 0.05) is 38.4 Å². The highest BCUT2D eigenvalue weighted by atomic mass is 16.5. The van der Waals surface area contributed by atoms with Gasteiger partial charge in [0.2, 0.25) is 5.91 Å². The van der Waals surface area contributed by atoms with Crippen molar-refractivity contribution in [2.45, 2.75) is 31.9 Å². The van der Waals surface area contributed by atoms with Gasteiger partial charge in [-0.3, -0.25) is 4.79 Å². The monoisotopic (exact) mass is 319 g/mol. The molecule has 0 radical (unpaired) electrons. The van der Waals surface area contributed by atoms with E-state index >= 15 is 0 Å². The van der Waals surface area contributed by atoms with Crippen molar-refractivity contribution in [2.24, 2.45) is 0 Å². The standard InChI is InChI=1S/C16H25N5O2/c1-13-12-20(8-9-23-13)16(22)11-17-10-14-4-3-7-21(14)15-5-2-6-18-19-15/h2,5-6,13-14,17H,3-4,7-12H2,1H3. The van der Waals surface area contributed by atoms with Gasteiger partial charge in [0.05, 0.1) is 19.3 Å². The van der Waals surface area contributed by atoms with Gasteiger partial charge in [-0.2, -0.15) is 5.10 Å². The first kappa shape index (κ1) is 16.1. The van der Waals surface area contributed by atoms with Gasteiger partial charge in [-0.1, -0.05) is 0 Å². The summed E-state index contributed by atoms with van der Waals surface area (Å²) in [5.74, 6) is 1.08. The summed E-state index contributed by atoms with van der Waals surface area (Å²) >= 11 is 0. The molecule has 7 heteroatoms. The summed E-state index contributed by atoms with van der Waals surface area (Å²) in [5, 5.41) is 11.5. The van der Waals surface area contributed by atoms with Crippen LogP contribution < -0.4 is 10.2 Å². The summed E-state index contributed by atoms with van der Waals surface area (Å²) in [7, 11) is 0. The van der Waals surface area contributed by atoms with Gasteiger partial charge in [0.1, 0.15) is 0 Å². The Morgan fingerprint density at radius 2 is 2.39 bits per heavy atom. The van der Waals surface area contributed by atoms with E-state index in [1.165, 1.54) is 0 Å². The summed E-state index contributed by atoms with van der Waals surface area (Å²) in [4.78, 5) is 16.4. The van der Waals surface area contributed by atoms with Crippen LogP contribution in [0.3, 0.4) is 0 Å². The van der Waals surface area contributed by atoms with Crippen LogP contribution in [0.1, 0.15) is 19.8 Å². The van der Waals surface area contributed by atoms with Gasteiger partial charge in [0.25, 0.3) is 0 Å². The first-order valence-electron chi connectivity index (χ1n) is 8.38. The molecule has 7 nitrogen and oxygen atoms in total. The largest absolute Gasteiger partial charge is 0.375 e. The fourth-order valence-electron chi connectivity index (χ4n) is 3.30. The average Bonchev–Trinajstić information content (AvgIpc) is 3.04. The molecule has 0 spiro atoms. The topological polar surface area (TPSA) is 70.6 Å². The van der Waals surface area contributed by atoms with Crippen LogP contribution in [0.4, 0.5) is 5.82 Å². The number of carbonyl (C=O) groups excluding carboxylic acids is 1. The molecule has 3 heterocycles. The number of amides is 1. The molecule has 2 saturated heterocycles. The number of hydrogen-bond acceptors (Lipinski definition) is 6. The smallest absolute Gasteiger partial charge is 0.236 e. The summed E-state index contributed by atoms with van der Waals surface area (Å²) in [5.41, 5.74) is 0. The SMILES string of the molecule is CC1CN(C(=O)CNCC2CCCN2c2cccnn2)CCO1. The lowest BCUT2D eigenvalue weighted by Crippen LogP contribution is -2.49. The van der Waals surface area contributed by atoms with Crippen molar-refractivity contribution in [3.8, 4) is 0 Å². The Bertz CT molecular complexity index is 512. The Morgan fingerprint density at radius 3 is 3.17 bits per heavy atom. The van der Waals surface area contributed by atoms with E-state index in [-0.39, 0.29) is 12.0 Å². The Hall–Kier alpha value is -1.73. The van der Waals surface area contributed by atoms with Crippen LogP contribution >= 0.6 is 0 Å². The number of anilines is 1. The minimum atomic E-state index is 0.134. The lowest BCUT2D eigenvalue weighted by atomic mass is 10.2. The van der Waals surface area contributed by atoms with Crippen LogP contribution in [-0.2, 0) is 9.53 Å². The highest BCUT2D eigenvalue weighted by molar-refractivity contribution is 5.78. The molecule has 2 fully saturated rings. The molecule has 0 aliphatic carbocycles. The summed E-state index contributed by atoms with van der Waals surface area (Å²) in [6.45, 7) is 6.20. The highest BCUT2D eigenvalue weighted by Gasteiger charge is 2.26. The van der Waals surface area contributed by atoms with Gasteiger partial charge in [0.15, 0.2) is 5.82 Å². The molecular formula is C16H25N5O2. The lowest BCUT2D eigenvalue weighted by Gasteiger charge is -2.31. The fraction of sp³-hybridized carbons (Fsp3) is 0.688. The van der Waals surface area contributed by atoms with Crippen molar-refractivity contribution < 1.29 is 9.53 Å². The second-order valence-corrected chi connectivity index (χ2v) is 6.22. The first-order chi connectivity index (χ1) is 11.2. The van der Waals surface area contributed by atoms with Gasteiger partial charge in [-0.25, -0.2) is 0 Å². The van der Waals surface area contributed by atoms with Crippen LogP contribution in [0.5, 0.6) is 0 Å². The van der Waals surface area contributed by atoms with E-state index < -0.39 is 0 Å². The number of nitrogens with zero attached hydrogens (tertiary/aromatic N) is 4. The Balaban J connectivity index is 1.45. The maximum Gasteiger partial charge on any atom is 0.236 e. The molecule has 2 aliphatic rings. The summed E-state index contributed by atoms with van der Waals surface area (Å²) in [6, 6.07) is 4.28. The third-order valence-electron chi connectivity index (χ3n) is 4.48. The molecule has 23 heavy (non-hydrogen) atoms. The number of ether oxygens (including phenoxy) is 1. The number of rotatable bonds is 5. The van der Waals surface area contributed by atoms with Crippen LogP contribution in [0.15, 0.2) is 18.3 Å². The molecule has 3 rings (SSSR count). The molecule has 1 aromatic rings. The van der Waals surface area contributed by atoms with Gasteiger partial charge >= 0.3 is 0 Å². The minimum absolute atomic E-state index is 0.134. The third-order valence-corrected chi connectivity index (χ3v) is 4.48. The van der Waals surface area contributed by atoms with Crippen molar-refractivity contribution in [2.75, 3.05) is 44.2 Å². The minimum Gasteiger partial charge on any atom is -0.375 e. The normalized spacial score (nSPS) is 24.9. The lowest BCUT2D eigenvalue weighted by molar-refractivity contribution is -0.137. The number of nitrogens with one attached hydrogen (secondary N) is 1. The maximum absolute atomic E-state index is 12.2. The highest BCUT2D eigenvalue weighted by Crippen LogP contribution is 2.22. The molecule has 0 saturated carbocycles. The predicted molar refractivity (Wildman–Crippen MR) is 87.3 cm³/mol. The van der Waals surface area contributed by atoms with E-state index in [1.54, 1.807) is 6.20 Å². The zero-order valence-electron chi connectivity index (χ0n) is 13.6. The number of morpholine rings is 1. The molecule has 1 amide bonds. The quantitative estimate of drug-likeness (QED) is 0.841. The fourth-order valence-corrected chi connectivity index (χ4v) is 3.30. The van der Waals surface area contributed by atoms with Crippen molar-refractivity contribution in [1.29, 1.82) is 0 Å². The van der Waals surface area contributed by atoms with Crippen LogP contribution in [0.2, 0.25) is 0 Å². The van der Waals surface area contributed by atoms with Crippen LogP contribution in [0.25, 0.3) is 0 Å². The van der Waals surface area contributed by atoms with E-state index in [0.29, 0.717) is 32.3 Å². The zero-order valence-corrected chi connectivity index (χ0v) is 13.6. The molecule has 2 atom stereocenters. The van der Waals surface area contributed by atoms with Crippen LogP contribution in [-0.4, -0.2) is 72.5 Å². The zero-order chi connectivity index (χ0) is 16.1. The second kappa shape index (κ2) is 7.70. The van der Waals surface area contributed by atoms with Gasteiger partial charge < -0.3 is 19.9 Å².